The van der Waals surface area contributed by atoms with Crippen molar-refractivity contribution in [2.24, 2.45) is 0 Å². The zero-order valence-corrected chi connectivity index (χ0v) is 11.2. The summed E-state index contributed by atoms with van der Waals surface area (Å²) in [5.74, 6) is -0.901. The number of hydrogen-bond acceptors (Lipinski definition) is 5. The molecule has 1 aromatic rings. The van der Waals surface area contributed by atoms with Crippen LogP contribution in [0.15, 0.2) is 18.2 Å². The second-order valence-corrected chi connectivity index (χ2v) is 3.84. The van der Waals surface area contributed by atoms with Crippen LogP contribution in [0.5, 0.6) is 0 Å². The number of amides is 2. The van der Waals surface area contributed by atoms with Crippen LogP contribution in [0.25, 0.3) is 0 Å². The van der Waals surface area contributed by atoms with Crippen LogP contribution < -0.4 is 16.0 Å². The molecule has 0 aromatic heterocycles. The normalized spacial score (nSPS) is 9.70. The maximum atomic E-state index is 12.0. The molecule has 0 radical (unpaired) electrons. The highest BCUT2D eigenvalue weighted by Gasteiger charge is 2.21. The first kappa shape index (κ1) is 15.4. The summed E-state index contributed by atoms with van der Waals surface area (Å²) in [7, 11) is 1.45. The van der Waals surface area contributed by atoms with Crippen molar-refractivity contribution in [2.45, 2.75) is 6.92 Å². The number of nitro groups is 1. The maximum absolute atomic E-state index is 12.0. The van der Waals surface area contributed by atoms with E-state index in [9.17, 15) is 19.7 Å². The van der Waals surface area contributed by atoms with Crippen molar-refractivity contribution in [1.82, 2.24) is 10.6 Å². The highest BCUT2D eigenvalue weighted by atomic mass is 16.6. The standard InChI is InChI=1S/C12H16N4O4/c1-3-14-11-8(5-4-6-9(11)16(19)20)12(18)15-7-10(17)13-2/h4-6,14H,3,7H2,1-2H3,(H,13,17)(H,15,18). The Morgan fingerprint density at radius 2 is 2.05 bits per heavy atom. The number of hydrogen-bond donors (Lipinski definition) is 3. The second kappa shape index (κ2) is 7.07. The van der Waals surface area contributed by atoms with Gasteiger partial charge in [-0.3, -0.25) is 19.7 Å². The third kappa shape index (κ3) is 3.67. The molecule has 0 fully saturated rings. The molecular weight excluding hydrogens is 264 g/mol. The van der Waals surface area contributed by atoms with Crippen LogP contribution in [0.4, 0.5) is 11.4 Å². The minimum Gasteiger partial charge on any atom is -0.379 e. The molecule has 0 spiro atoms. The van der Waals surface area contributed by atoms with Crippen LogP contribution in [0.1, 0.15) is 17.3 Å². The van der Waals surface area contributed by atoms with Crippen molar-refractivity contribution in [1.29, 1.82) is 0 Å². The van der Waals surface area contributed by atoms with Crippen molar-refractivity contribution in [3.63, 3.8) is 0 Å². The molecule has 0 bridgehead atoms. The summed E-state index contributed by atoms with van der Waals surface area (Å²) in [6, 6.07) is 4.20. The van der Waals surface area contributed by atoms with Gasteiger partial charge in [-0.15, -0.1) is 0 Å². The number of carbonyl (C=O) groups is 2. The van der Waals surface area contributed by atoms with Crippen LogP contribution in [0.2, 0.25) is 0 Å². The van der Waals surface area contributed by atoms with Crippen LogP contribution in [0, 0.1) is 10.1 Å². The summed E-state index contributed by atoms with van der Waals surface area (Å²) in [6.07, 6.45) is 0. The fourth-order valence-corrected chi connectivity index (χ4v) is 1.59. The number of nitrogens with one attached hydrogen (secondary N) is 3. The van der Waals surface area contributed by atoms with E-state index in [0.29, 0.717) is 6.54 Å². The Balaban J connectivity index is 3.04. The molecule has 8 heteroatoms. The van der Waals surface area contributed by atoms with Gasteiger partial charge < -0.3 is 16.0 Å². The summed E-state index contributed by atoms with van der Waals surface area (Å²) >= 11 is 0. The van der Waals surface area contributed by atoms with E-state index < -0.39 is 10.8 Å². The van der Waals surface area contributed by atoms with E-state index in [4.69, 9.17) is 0 Å². The molecule has 0 atom stereocenters. The summed E-state index contributed by atoms with van der Waals surface area (Å²) in [6.45, 7) is 2.01. The molecule has 2 amide bonds. The summed E-state index contributed by atoms with van der Waals surface area (Å²) < 4.78 is 0. The van der Waals surface area contributed by atoms with Crippen molar-refractivity contribution < 1.29 is 14.5 Å². The average molecular weight is 280 g/mol. The van der Waals surface area contributed by atoms with Crippen molar-refractivity contribution in [2.75, 3.05) is 25.5 Å². The Hall–Kier alpha value is -2.64. The molecule has 20 heavy (non-hydrogen) atoms. The molecular formula is C12H16N4O4. The number of nitro benzene ring substituents is 1. The summed E-state index contributed by atoms with van der Waals surface area (Å²) in [4.78, 5) is 33.5. The van der Waals surface area contributed by atoms with Crippen LogP contribution >= 0.6 is 0 Å². The minimum atomic E-state index is -0.562. The lowest BCUT2D eigenvalue weighted by molar-refractivity contribution is -0.384. The lowest BCUT2D eigenvalue weighted by Crippen LogP contribution is -2.35. The van der Waals surface area contributed by atoms with Crippen molar-refractivity contribution in [3.05, 3.63) is 33.9 Å². The topological polar surface area (TPSA) is 113 Å². The minimum absolute atomic E-state index is 0.130. The van der Waals surface area contributed by atoms with Gasteiger partial charge in [-0.05, 0) is 13.0 Å². The molecule has 108 valence electrons. The number of carbonyl (C=O) groups excluding carboxylic acids is 2. The lowest BCUT2D eigenvalue weighted by Gasteiger charge is -2.11. The fraction of sp³-hybridized carbons (Fsp3) is 0.333. The van der Waals surface area contributed by atoms with E-state index in [1.54, 1.807) is 6.92 Å². The summed E-state index contributed by atoms with van der Waals surface area (Å²) in [5, 5.41) is 18.5. The van der Waals surface area contributed by atoms with Gasteiger partial charge in [0.15, 0.2) is 0 Å². The number of likely N-dealkylation sites (N-methyl/N-ethyl adjacent to an activating group) is 1. The van der Waals surface area contributed by atoms with Crippen LogP contribution in [-0.2, 0) is 4.79 Å². The van der Waals surface area contributed by atoms with Gasteiger partial charge in [0.2, 0.25) is 5.91 Å². The van der Waals surface area contributed by atoms with Crippen molar-refractivity contribution >= 4 is 23.2 Å². The largest absolute Gasteiger partial charge is 0.379 e. The van der Waals surface area contributed by atoms with Crippen LogP contribution in [-0.4, -0.2) is 36.9 Å². The molecule has 1 aromatic carbocycles. The lowest BCUT2D eigenvalue weighted by atomic mass is 10.1. The molecule has 0 heterocycles. The SMILES string of the molecule is CCNc1c(C(=O)NCC(=O)NC)cccc1[N+](=O)[O-]. The zero-order chi connectivity index (χ0) is 15.1. The van der Waals surface area contributed by atoms with E-state index in [1.807, 2.05) is 0 Å². The molecule has 0 aliphatic rings. The highest BCUT2D eigenvalue weighted by Crippen LogP contribution is 2.28. The smallest absolute Gasteiger partial charge is 0.293 e. The van der Waals surface area contributed by atoms with E-state index in [0.717, 1.165) is 0 Å². The molecule has 0 aliphatic heterocycles. The van der Waals surface area contributed by atoms with E-state index >= 15 is 0 Å². The number of benzene rings is 1. The van der Waals surface area contributed by atoms with Crippen molar-refractivity contribution in [3.8, 4) is 0 Å². The van der Waals surface area contributed by atoms with Crippen LogP contribution in [0.3, 0.4) is 0 Å². The molecule has 1 rings (SSSR count). The van der Waals surface area contributed by atoms with Gasteiger partial charge in [-0.25, -0.2) is 0 Å². The molecule has 0 saturated carbocycles. The molecule has 0 saturated heterocycles. The quantitative estimate of drug-likeness (QED) is 0.519. The molecule has 0 aliphatic carbocycles. The van der Waals surface area contributed by atoms with Gasteiger partial charge >= 0.3 is 0 Å². The van der Waals surface area contributed by atoms with Gasteiger partial charge in [0, 0.05) is 19.7 Å². The average Bonchev–Trinajstić information content (AvgIpc) is 2.44. The second-order valence-electron chi connectivity index (χ2n) is 3.84. The third-order valence-corrected chi connectivity index (χ3v) is 2.53. The highest BCUT2D eigenvalue weighted by molar-refractivity contribution is 6.02. The first-order valence-electron chi connectivity index (χ1n) is 6.01. The van der Waals surface area contributed by atoms with Gasteiger partial charge in [-0.2, -0.15) is 0 Å². The summed E-state index contributed by atoms with van der Waals surface area (Å²) in [5.41, 5.74) is 0.0961. The molecule has 8 nitrogen and oxygen atoms in total. The Kier molecular flexibility index (Phi) is 5.45. The van der Waals surface area contributed by atoms with E-state index in [2.05, 4.69) is 16.0 Å². The Bertz CT molecular complexity index is 530. The Morgan fingerprint density at radius 1 is 1.35 bits per heavy atom. The monoisotopic (exact) mass is 280 g/mol. The molecule has 0 unspecified atom stereocenters. The fourth-order valence-electron chi connectivity index (χ4n) is 1.59. The number of rotatable bonds is 6. The van der Waals surface area contributed by atoms with Gasteiger partial charge in [-0.1, -0.05) is 6.07 Å². The van der Waals surface area contributed by atoms with E-state index in [1.165, 1.54) is 25.2 Å². The first-order chi connectivity index (χ1) is 9.51. The Morgan fingerprint density at radius 3 is 2.60 bits per heavy atom. The van der Waals surface area contributed by atoms with Gasteiger partial charge in [0.25, 0.3) is 11.6 Å². The number of para-hydroxylation sites is 1. The predicted molar refractivity (Wildman–Crippen MR) is 73.7 cm³/mol. The first-order valence-corrected chi connectivity index (χ1v) is 6.01. The third-order valence-electron chi connectivity index (χ3n) is 2.53. The van der Waals surface area contributed by atoms with E-state index in [-0.39, 0.29) is 29.4 Å². The van der Waals surface area contributed by atoms with Gasteiger partial charge in [0.05, 0.1) is 17.0 Å². The predicted octanol–water partition coefficient (Wildman–Crippen LogP) is 0.502. The number of nitrogens with zero attached hydrogens (tertiary/aromatic N) is 1. The van der Waals surface area contributed by atoms with Gasteiger partial charge in [0.1, 0.15) is 5.69 Å². The Labute approximate surface area is 115 Å². The maximum Gasteiger partial charge on any atom is 0.293 e. The zero-order valence-electron chi connectivity index (χ0n) is 11.2. The molecule has 3 N–H and O–H groups in total. The number of anilines is 1.